The number of aliphatic imine (C=N–C) groups is 2. The van der Waals surface area contributed by atoms with Crippen molar-refractivity contribution in [1.82, 2.24) is 5.06 Å². The summed E-state index contributed by atoms with van der Waals surface area (Å²) in [6.45, 7) is 4.21. The van der Waals surface area contributed by atoms with Crippen molar-refractivity contribution >= 4 is 12.7 Å². The summed E-state index contributed by atoms with van der Waals surface area (Å²) in [4.78, 5) is 15.3. The maximum Gasteiger partial charge on any atom is 0.221 e. The van der Waals surface area contributed by atoms with Crippen molar-refractivity contribution in [3.63, 3.8) is 0 Å². The van der Waals surface area contributed by atoms with E-state index in [0.717, 1.165) is 47.3 Å². The van der Waals surface area contributed by atoms with Crippen LogP contribution in [0.3, 0.4) is 0 Å². The Morgan fingerprint density at radius 2 is 1.97 bits per heavy atom. The first-order valence-electron chi connectivity index (χ1n) is 12.3. The minimum Gasteiger partial charge on any atom is -0.489 e. The molecule has 0 bridgehead atoms. The SMILES string of the molecule is C=NCc1cccc(-c2ccc3c(c2)C2(CC(C4CCCc5ccccc54)O3)N=C(N)N(C)O2)c1. The molecule has 2 N–H and O–H groups in total. The van der Waals surface area contributed by atoms with Gasteiger partial charge in [-0.3, -0.25) is 4.99 Å². The molecule has 1 aliphatic carbocycles. The number of hydrogen-bond donors (Lipinski definition) is 1. The Morgan fingerprint density at radius 3 is 2.80 bits per heavy atom. The number of fused-ring (bicyclic) bond motifs is 3. The normalized spacial score (nSPS) is 24.9. The predicted octanol–water partition coefficient (Wildman–Crippen LogP) is 5.17. The highest BCUT2D eigenvalue weighted by atomic mass is 16.7. The Morgan fingerprint density at radius 1 is 1.11 bits per heavy atom. The third kappa shape index (κ3) is 3.78. The standard InChI is InChI=1S/C29H30N4O2/c1-31-18-19-7-5-10-21(15-19)22-13-14-26-25(16-22)29(32-28(30)33(2)35-29)17-27(34-26)24-12-6-9-20-8-3-4-11-23(20)24/h3-5,7-8,10-11,13-16,24,27H,1,6,9,12,17-18H2,2H3,(H2,30,32). The first kappa shape index (κ1) is 21.9. The molecule has 0 fully saturated rings. The van der Waals surface area contributed by atoms with E-state index in [-0.39, 0.29) is 6.10 Å². The number of guanidine groups is 1. The number of nitrogens with two attached hydrogens (primary N) is 1. The van der Waals surface area contributed by atoms with Crippen LogP contribution >= 0.6 is 0 Å². The van der Waals surface area contributed by atoms with Crippen LogP contribution in [0.2, 0.25) is 0 Å². The number of hydrogen-bond acceptors (Lipinski definition) is 6. The molecular weight excluding hydrogens is 436 g/mol. The Labute approximate surface area is 206 Å². The first-order chi connectivity index (χ1) is 17.1. The third-order valence-electron chi connectivity index (χ3n) is 7.48. The summed E-state index contributed by atoms with van der Waals surface area (Å²) in [5.74, 6) is 1.48. The molecule has 2 heterocycles. The van der Waals surface area contributed by atoms with Gasteiger partial charge in [-0.2, -0.15) is 0 Å². The monoisotopic (exact) mass is 466 g/mol. The lowest BCUT2D eigenvalue weighted by Gasteiger charge is -2.41. The van der Waals surface area contributed by atoms with Crippen LogP contribution in [0.25, 0.3) is 11.1 Å². The quantitative estimate of drug-likeness (QED) is 0.539. The van der Waals surface area contributed by atoms with E-state index in [1.54, 1.807) is 5.06 Å². The van der Waals surface area contributed by atoms with E-state index in [2.05, 4.69) is 72.4 Å². The highest BCUT2D eigenvalue weighted by Crippen LogP contribution is 2.50. The van der Waals surface area contributed by atoms with E-state index in [9.17, 15) is 0 Å². The predicted molar refractivity (Wildman–Crippen MR) is 138 cm³/mol. The van der Waals surface area contributed by atoms with E-state index >= 15 is 0 Å². The van der Waals surface area contributed by atoms with Gasteiger partial charge in [0.1, 0.15) is 11.9 Å². The van der Waals surface area contributed by atoms with Gasteiger partial charge < -0.3 is 10.5 Å². The van der Waals surface area contributed by atoms with Crippen LogP contribution in [0, 0.1) is 0 Å². The van der Waals surface area contributed by atoms with Crippen molar-refractivity contribution in [2.45, 2.75) is 50.0 Å². The summed E-state index contributed by atoms with van der Waals surface area (Å²) in [7, 11) is 1.81. The zero-order valence-electron chi connectivity index (χ0n) is 20.0. The van der Waals surface area contributed by atoms with Gasteiger partial charge in [-0.15, -0.1) is 0 Å². The molecule has 3 aromatic rings. The molecule has 6 heteroatoms. The first-order valence-corrected chi connectivity index (χ1v) is 12.3. The number of ether oxygens (including phenoxy) is 1. The fourth-order valence-corrected chi connectivity index (χ4v) is 5.83. The Bertz CT molecular complexity index is 1320. The summed E-state index contributed by atoms with van der Waals surface area (Å²) < 4.78 is 6.71. The number of rotatable bonds is 4. The molecule has 3 unspecified atom stereocenters. The van der Waals surface area contributed by atoms with Gasteiger partial charge in [-0.25, -0.2) is 14.9 Å². The van der Waals surface area contributed by atoms with Crippen molar-refractivity contribution < 1.29 is 9.57 Å². The molecule has 178 valence electrons. The molecule has 0 saturated carbocycles. The van der Waals surface area contributed by atoms with Gasteiger partial charge >= 0.3 is 0 Å². The molecular formula is C29H30N4O2. The lowest BCUT2D eigenvalue weighted by molar-refractivity contribution is -0.192. The number of nitrogens with zero attached hydrogens (tertiary/aromatic N) is 3. The average Bonchev–Trinajstić information content (AvgIpc) is 3.16. The van der Waals surface area contributed by atoms with Crippen LogP contribution in [0.15, 0.2) is 76.7 Å². The van der Waals surface area contributed by atoms with E-state index in [1.807, 2.05) is 13.1 Å². The van der Waals surface area contributed by atoms with Gasteiger partial charge in [0.2, 0.25) is 11.7 Å². The summed E-state index contributed by atoms with van der Waals surface area (Å²) in [6.07, 6.45) is 3.91. The van der Waals surface area contributed by atoms with Crippen LogP contribution in [0.5, 0.6) is 5.75 Å². The van der Waals surface area contributed by atoms with Gasteiger partial charge in [0.15, 0.2) is 0 Å². The van der Waals surface area contributed by atoms with Crippen molar-refractivity contribution in [3.8, 4) is 16.9 Å². The molecule has 0 saturated heterocycles. The fraction of sp³-hybridized carbons (Fsp3) is 0.310. The Balaban J connectivity index is 1.42. The number of aryl methyl sites for hydroxylation is 1. The second-order valence-electron chi connectivity index (χ2n) is 9.69. The molecule has 0 amide bonds. The Kier molecular flexibility index (Phi) is 5.33. The van der Waals surface area contributed by atoms with E-state index in [1.165, 1.54) is 11.1 Å². The molecule has 6 nitrogen and oxygen atoms in total. The molecule has 0 radical (unpaired) electrons. The fourth-order valence-electron chi connectivity index (χ4n) is 5.83. The summed E-state index contributed by atoms with van der Waals surface area (Å²) >= 11 is 0. The summed E-state index contributed by atoms with van der Waals surface area (Å²) in [5, 5.41) is 1.57. The maximum atomic E-state index is 6.71. The molecule has 6 rings (SSSR count). The molecule has 3 atom stereocenters. The minimum absolute atomic E-state index is 0.0557. The van der Waals surface area contributed by atoms with Crippen LogP contribution in [-0.4, -0.2) is 30.9 Å². The van der Waals surface area contributed by atoms with Crippen molar-refractivity contribution in [3.05, 3.63) is 89.0 Å². The number of hydroxylamine groups is 2. The zero-order valence-corrected chi connectivity index (χ0v) is 20.0. The Hall–Kier alpha value is -3.64. The molecule has 3 aromatic carbocycles. The van der Waals surface area contributed by atoms with Gasteiger partial charge in [-0.1, -0.05) is 48.5 Å². The summed E-state index contributed by atoms with van der Waals surface area (Å²) in [5.41, 5.74) is 12.4. The maximum absolute atomic E-state index is 6.71. The largest absolute Gasteiger partial charge is 0.489 e. The van der Waals surface area contributed by atoms with Gasteiger partial charge in [0.05, 0.1) is 12.1 Å². The van der Waals surface area contributed by atoms with Crippen LogP contribution < -0.4 is 10.5 Å². The molecule has 2 aliphatic heterocycles. The van der Waals surface area contributed by atoms with Gasteiger partial charge in [-0.05, 0) is 72.0 Å². The van der Waals surface area contributed by atoms with Gasteiger partial charge in [0, 0.05) is 19.4 Å². The average molecular weight is 467 g/mol. The second kappa shape index (κ2) is 8.54. The zero-order chi connectivity index (χ0) is 24.0. The van der Waals surface area contributed by atoms with E-state index in [4.69, 9.17) is 20.3 Å². The van der Waals surface area contributed by atoms with Crippen molar-refractivity contribution in [2.75, 3.05) is 7.05 Å². The highest BCUT2D eigenvalue weighted by Gasteiger charge is 2.50. The van der Waals surface area contributed by atoms with E-state index < -0.39 is 5.72 Å². The van der Waals surface area contributed by atoms with Crippen molar-refractivity contribution in [1.29, 1.82) is 0 Å². The third-order valence-corrected chi connectivity index (χ3v) is 7.48. The molecule has 0 aromatic heterocycles. The second-order valence-corrected chi connectivity index (χ2v) is 9.69. The smallest absolute Gasteiger partial charge is 0.221 e. The van der Waals surface area contributed by atoms with Crippen LogP contribution in [0.4, 0.5) is 0 Å². The van der Waals surface area contributed by atoms with Crippen LogP contribution in [0.1, 0.15) is 47.4 Å². The van der Waals surface area contributed by atoms with Crippen molar-refractivity contribution in [2.24, 2.45) is 15.7 Å². The lowest BCUT2D eigenvalue weighted by atomic mass is 9.76. The number of benzene rings is 3. The molecule has 3 aliphatic rings. The van der Waals surface area contributed by atoms with E-state index in [0.29, 0.717) is 24.8 Å². The lowest BCUT2D eigenvalue weighted by Crippen LogP contribution is -2.42. The highest BCUT2D eigenvalue weighted by molar-refractivity contribution is 5.79. The molecule has 1 spiro atoms. The summed E-state index contributed by atoms with van der Waals surface area (Å²) in [6, 6.07) is 23.4. The van der Waals surface area contributed by atoms with Gasteiger partial charge in [0.25, 0.3) is 0 Å². The topological polar surface area (TPSA) is 72.4 Å². The minimum atomic E-state index is -0.903. The molecule has 35 heavy (non-hydrogen) atoms. The van der Waals surface area contributed by atoms with Crippen LogP contribution in [-0.2, 0) is 23.5 Å².